The largest absolute Gasteiger partial charge is 0.465 e. The van der Waals surface area contributed by atoms with Crippen molar-refractivity contribution in [2.45, 2.75) is 38.8 Å². The van der Waals surface area contributed by atoms with Crippen molar-refractivity contribution in [2.75, 3.05) is 7.11 Å². The molecule has 1 heterocycles. The second kappa shape index (κ2) is 8.86. The second-order valence-electron chi connectivity index (χ2n) is 6.97. The van der Waals surface area contributed by atoms with E-state index < -0.39 is 23.7 Å². The monoisotopic (exact) mass is 390 g/mol. The van der Waals surface area contributed by atoms with Crippen molar-refractivity contribution in [1.29, 1.82) is 0 Å². The Morgan fingerprint density at radius 3 is 2.48 bits per heavy atom. The minimum Gasteiger partial charge on any atom is -0.465 e. The van der Waals surface area contributed by atoms with Gasteiger partial charge in [0.25, 0.3) is 0 Å². The molecule has 1 atom stereocenters. The van der Waals surface area contributed by atoms with Gasteiger partial charge in [0.2, 0.25) is 0 Å². The summed E-state index contributed by atoms with van der Waals surface area (Å²) in [5.74, 6) is -0.580. The summed E-state index contributed by atoms with van der Waals surface area (Å²) < 4.78 is 10.2. The second-order valence-corrected chi connectivity index (χ2v) is 7.40. The highest BCUT2D eigenvalue weighted by Crippen LogP contribution is 2.24. The van der Waals surface area contributed by atoms with Gasteiger partial charge in [-0.25, -0.2) is 9.59 Å². The third kappa shape index (κ3) is 6.25. The number of pyridine rings is 1. The molecule has 0 aliphatic rings. The molecule has 6 nitrogen and oxygen atoms in total. The molecule has 1 N–H and O–H groups in total. The molecule has 27 heavy (non-hydrogen) atoms. The molecule has 0 spiro atoms. The zero-order chi connectivity index (χ0) is 20.0. The van der Waals surface area contributed by atoms with Crippen LogP contribution >= 0.6 is 11.6 Å². The van der Waals surface area contributed by atoms with Gasteiger partial charge in [-0.2, -0.15) is 0 Å². The summed E-state index contributed by atoms with van der Waals surface area (Å²) in [4.78, 5) is 28.8. The van der Waals surface area contributed by atoms with Gasteiger partial charge in [0, 0.05) is 6.20 Å². The van der Waals surface area contributed by atoms with E-state index in [-0.39, 0.29) is 5.56 Å². The Balaban J connectivity index is 2.40. The molecule has 0 aliphatic heterocycles. The molecule has 0 aliphatic carbocycles. The van der Waals surface area contributed by atoms with Crippen LogP contribution in [0.25, 0.3) is 0 Å². The van der Waals surface area contributed by atoms with E-state index in [0.717, 1.165) is 5.56 Å². The van der Waals surface area contributed by atoms with Crippen LogP contribution in [0.5, 0.6) is 0 Å². The first kappa shape index (κ1) is 20.7. The number of aromatic nitrogens is 1. The number of ether oxygens (including phenoxy) is 2. The van der Waals surface area contributed by atoms with E-state index in [4.69, 9.17) is 21.1 Å². The number of alkyl carbamates (subject to hydrolysis) is 1. The van der Waals surface area contributed by atoms with Crippen molar-refractivity contribution in [3.05, 3.63) is 64.4 Å². The van der Waals surface area contributed by atoms with Crippen molar-refractivity contribution in [2.24, 2.45) is 0 Å². The zero-order valence-electron chi connectivity index (χ0n) is 15.8. The van der Waals surface area contributed by atoms with E-state index in [1.807, 2.05) is 30.3 Å². The number of nitrogens with one attached hydrogen (secondary N) is 1. The summed E-state index contributed by atoms with van der Waals surface area (Å²) in [7, 11) is 1.28. The van der Waals surface area contributed by atoms with E-state index in [1.54, 1.807) is 20.8 Å². The third-order valence-electron chi connectivity index (χ3n) is 3.59. The number of nitrogens with zero attached hydrogens (tertiary/aromatic N) is 1. The molecular weight excluding hydrogens is 368 g/mol. The van der Waals surface area contributed by atoms with Gasteiger partial charge >= 0.3 is 12.1 Å². The van der Waals surface area contributed by atoms with Gasteiger partial charge in [-0.1, -0.05) is 41.9 Å². The lowest BCUT2D eigenvalue weighted by Gasteiger charge is -2.24. The molecule has 7 heteroatoms. The van der Waals surface area contributed by atoms with Crippen molar-refractivity contribution in [3.63, 3.8) is 0 Å². The predicted octanol–water partition coefficient (Wildman–Crippen LogP) is 4.33. The van der Waals surface area contributed by atoms with Crippen molar-refractivity contribution in [1.82, 2.24) is 10.3 Å². The van der Waals surface area contributed by atoms with Gasteiger partial charge in [-0.3, -0.25) is 4.98 Å². The lowest BCUT2D eigenvalue weighted by atomic mass is 9.99. The van der Waals surface area contributed by atoms with E-state index in [1.165, 1.54) is 19.4 Å². The molecule has 2 rings (SSSR count). The standard InChI is InChI=1S/C20H23ClN2O4/c1-20(2,3)27-19(25)23-16(10-13-8-6-5-7-9-13)17-15(18(24)26-4)11-14(21)12-22-17/h5-9,11-12,16H,10H2,1-4H3,(H,23,25). The predicted molar refractivity (Wildman–Crippen MR) is 103 cm³/mol. The molecule has 1 aromatic heterocycles. The number of carbonyl (C=O) groups excluding carboxylic acids is 2. The van der Waals surface area contributed by atoms with Crippen LogP contribution in [0.1, 0.15) is 48.4 Å². The number of amides is 1. The fraction of sp³-hybridized carbons (Fsp3) is 0.350. The molecule has 1 unspecified atom stereocenters. The Bertz CT molecular complexity index is 803. The Morgan fingerprint density at radius 2 is 1.89 bits per heavy atom. The van der Waals surface area contributed by atoms with Crippen LogP contribution in [-0.4, -0.2) is 29.8 Å². The average Bonchev–Trinajstić information content (AvgIpc) is 2.59. The maximum Gasteiger partial charge on any atom is 0.408 e. The lowest BCUT2D eigenvalue weighted by Crippen LogP contribution is -2.36. The van der Waals surface area contributed by atoms with Gasteiger partial charge < -0.3 is 14.8 Å². The zero-order valence-corrected chi connectivity index (χ0v) is 16.5. The molecule has 1 amide bonds. The molecule has 0 fully saturated rings. The highest BCUT2D eigenvalue weighted by molar-refractivity contribution is 6.30. The van der Waals surface area contributed by atoms with Crippen LogP contribution in [0.2, 0.25) is 5.02 Å². The first-order valence-corrected chi connectivity index (χ1v) is 8.84. The summed E-state index contributed by atoms with van der Waals surface area (Å²) in [6, 6.07) is 10.4. The van der Waals surface area contributed by atoms with Gasteiger partial charge in [0.1, 0.15) is 5.60 Å². The molecule has 2 aromatic rings. The van der Waals surface area contributed by atoms with Gasteiger partial charge in [0.15, 0.2) is 0 Å². The molecule has 0 radical (unpaired) electrons. The van der Waals surface area contributed by atoms with E-state index in [2.05, 4.69) is 10.3 Å². The van der Waals surface area contributed by atoms with E-state index in [9.17, 15) is 9.59 Å². The quantitative estimate of drug-likeness (QED) is 0.769. The fourth-order valence-corrected chi connectivity index (χ4v) is 2.67. The van der Waals surface area contributed by atoms with Gasteiger partial charge in [-0.05, 0) is 38.8 Å². The number of hydrogen-bond donors (Lipinski definition) is 1. The first-order chi connectivity index (χ1) is 12.7. The number of rotatable bonds is 5. The first-order valence-electron chi connectivity index (χ1n) is 8.47. The normalized spacial score (nSPS) is 12.2. The Kier molecular flexibility index (Phi) is 6.80. The number of hydrogen-bond acceptors (Lipinski definition) is 5. The van der Waals surface area contributed by atoms with E-state index in [0.29, 0.717) is 17.1 Å². The van der Waals surface area contributed by atoms with Crippen LogP contribution in [0.4, 0.5) is 4.79 Å². The third-order valence-corrected chi connectivity index (χ3v) is 3.80. The SMILES string of the molecule is COC(=O)c1cc(Cl)cnc1C(Cc1ccccc1)NC(=O)OC(C)(C)C. The highest BCUT2D eigenvalue weighted by Gasteiger charge is 2.26. The number of carbonyl (C=O) groups is 2. The number of benzene rings is 1. The Morgan fingerprint density at radius 1 is 1.22 bits per heavy atom. The van der Waals surface area contributed by atoms with Crippen molar-refractivity contribution in [3.8, 4) is 0 Å². The Labute approximate surface area is 163 Å². The number of halogens is 1. The topological polar surface area (TPSA) is 77.5 Å². The van der Waals surface area contributed by atoms with Crippen molar-refractivity contribution < 1.29 is 19.1 Å². The van der Waals surface area contributed by atoms with Gasteiger partial charge in [0.05, 0.1) is 29.4 Å². The number of methoxy groups -OCH3 is 1. The maximum atomic E-state index is 12.3. The minimum atomic E-state index is -0.653. The molecule has 0 saturated carbocycles. The van der Waals surface area contributed by atoms with Crippen LogP contribution in [-0.2, 0) is 15.9 Å². The number of esters is 1. The molecule has 0 saturated heterocycles. The molecule has 1 aromatic carbocycles. The van der Waals surface area contributed by atoms with Crippen LogP contribution in [0, 0.1) is 0 Å². The highest BCUT2D eigenvalue weighted by atomic mass is 35.5. The summed E-state index contributed by atoms with van der Waals surface area (Å²) in [5, 5.41) is 3.10. The summed E-state index contributed by atoms with van der Waals surface area (Å²) in [6.45, 7) is 5.33. The van der Waals surface area contributed by atoms with Gasteiger partial charge in [-0.15, -0.1) is 0 Å². The van der Waals surface area contributed by atoms with Crippen LogP contribution < -0.4 is 5.32 Å². The smallest absolute Gasteiger partial charge is 0.408 e. The fourth-order valence-electron chi connectivity index (χ4n) is 2.52. The van der Waals surface area contributed by atoms with E-state index >= 15 is 0 Å². The average molecular weight is 391 g/mol. The summed E-state index contributed by atoms with van der Waals surface area (Å²) in [5.41, 5.74) is 0.869. The van der Waals surface area contributed by atoms with Crippen molar-refractivity contribution >= 4 is 23.7 Å². The summed E-state index contributed by atoms with van der Waals surface area (Å²) >= 11 is 5.99. The minimum absolute atomic E-state index is 0.196. The molecule has 144 valence electrons. The van der Waals surface area contributed by atoms with Crippen LogP contribution in [0.3, 0.4) is 0 Å². The van der Waals surface area contributed by atoms with Crippen LogP contribution in [0.15, 0.2) is 42.6 Å². The molecular formula is C20H23ClN2O4. The maximum absolute atomic E-state index is 12.3. The molecule has 0 bridgehead atoms. The summed E-state index contributed by atoms with van der Waals surface area (Å²) in [6.07, 6.45) is 1.24. The lowest BCUT2D eigenvalue weighted by molar-refractivity contribution is 0.0496. The Hall–Kier alpha value is -2.60.